The van der Waals surface area contributed by atoms with Crippen molar-refractivity contribution in [1.82, 2.24) is 4.90 Å². The smallest absolute Gasteiger partial charge is 0.344 e. The lowest BCUT2D eigenvalue weighted by atomic mass is 9.99. The summed E-state index contributed by atoms with van der Waals surface area (Å²) in [7, 11) is 2.14. The Kier molecular flexibility index (Phi) is 4.47. The van der Waals surface area contributed by atoms with Gasteiger partial charge in [0.1, 0.15) is 5.58 Å². The molecule has 2 heterocycles. The lowest BCUT2D eigenvalue weighted by molar-refractivity contribution is 0.313. The van der Waals surface area contributed by atoms with Gasteiger partial charge in [-0.05, 0) is 49.4 Å². The maximum atomic E-state index is 12.7. The van der Waals surface area contributed by atoms with Crippen LogP contribution in [0, 0.1) is 6.92 Å². The van der Waals surface area contributed by atoms with Crippen LogP contribution in [0.25, 0.3) is 22.1 Å². The van der Waals surface area contributed by atoms with Gasteiger partial charge in [0.25, 0.3) is 0 Å². The number of fused-ring (bicyclic) bond motifs is 1. The van der Waals surface area contributed by atoms with Gasteiger partial charge in [-0.15, -0.1) is 0 Å². The predicted octanol–water partition coefficient (Wildman–Crippen LogP) is 4.17. The maximum absolute atomic E-state index is 12.7. The van der Waals surface area contributed by atoms with E-state index in [2.05, 4.69) is 29.0 Å². The number of hydrogen-bond donors (Lipinski definition) is 0. The van der Waals surface area contributed by atoms with Crippen molar-refractivity contribution in [1.29, 1.82) is 0 Å². The highest BCUT2D eigenvalue weighted by molar-refractivity contribution is 6.30. The number of anilines is 1. The van der Waals surface area contributed by atoms with Crippen molar-refractivity contribution >= 4 is 28.3 Å². The van der Waals surface area contributed by atoms with Crippen LogP contribution in [-0.4, -0.2) is 38.1 Å². The first-order valence-electron chi connectivity index (χ1n) is 8.80. The molecule has 1 aliphatic rings. The summed E-state index contributed by atoms with van der Waals surface area (Å²) in [6.45, 7) is 5.99. The van der Waals surface area contributed by atoms with E-state index in [0.29, 0.717) is 16.2 Å². The van der Waals surface area contributed by atoms with E-state index < -0.39 is 0 Å². The standard InChI is InChI=1S/C21H21ClN2O2/c1-14-18-7-6-17(24-10-8-23(2)9-11-24)13-19(18)26-21(25)20(14)15-4-3-5-16(22)12-15/h3-7,12-13H,8-11H2,1-2H3. The lowest BCUT2D eigenvalue weighted by Gasteiger charge is -2.34. The summed E-state index contributed by atoms with van der Waals surface area (Å²) in [5, 5.41) is 1.56. The Morgan fingerprint density at radius 1 is 1.04 bits per heavy atom. The zero-order valence-corrected chi connectivity index (χ0v) is 15.7. The van der Waals surface area contributed by atoms with E-state index in [1.165, 1.54) is 0 Å². The zero-order valence-electron chi connectivity index (χ0n) is 15.0. The molecule has 0 N–H and O–H groups in total. The van der Waals surface area contributed by atoms with Crippen LogP contribution >= 0.6 is 11.6 Å². The minimum absolute atomic E-state index is 0.326. The van der Waals surface area contributed by atoms with E-state index in [1.54, 1.807) is 12.1 Å². The van der Waals surface area contributed by atoms with Gasteiger partial charge in [-0.3, -0.25) is 0 Å². The summed E-state index contributed by atoms with van der Waals surface area (Å²) in [6.07, 6.45) is 0. The van der Waals surface area contributed by atoms with E-state index >= 15 is 0 Å². The molecule has 0 unspecified atom stereocenters. The number of likely N-dealkylation sites (N-methyl/N-ethyl adjacent to an activating group) is 1. The number of piperazine rings is 1. The molecule has 0 bridgehead atoms. The maximum Gasteiger partial charge on any atom is 0.344 e. The second-order valence-corrected chi connectivity index (χ2v) is 7.31. The molecule has 0 aliphatic carbocycles. The minimum Gasteiger partial charge on any atom is -0.422 e. The monoisotopic (exact) mass is 368 g/mol. The van der Waals surface area contributed by atoms with Crippen molar-refractivity contribution in [2.75, 3.05) is 38.1 Å². The van der Waals surface area contributed by atoms with E-state index in [9.17, 15) is 4.79 Å². The molecule has 26 heavy (non-hydrogen) atoms. The number of aryl methyl sites for hydroxylation is 1. The Morgan fingerprint density at radius 3 is 2.54 bits per heavy atom. The Morgan fingerprint density at radius 2 is 1.81 bits per heavy atom. The third-order valence-electron chi connectivity index (χ3n) is 5.13. The van der Waals surface area contributed by atoms with Crippen LogP contribution in [0.5, 0.6) is 0 Å². The van der Waals surface area contributed by atoms with E-state index in [-0.39, 0.29) is 5.63 Å². The second kappa shape index (κ2) is 6.78. The summed E-state index contributed by atoms with van der Waals surface area (Å²) in [5.74, 6) is 0. The van der Waals surface area contributed by atoms with Gasteiger partial charge in [0.15, 0.2) is 0 Å². The van der Waals surface area contributed by atoms with Gasteiger partial charge in [0.05, 0.1) is 5.56 Å². The molecular formula is C21H21ClN2O2. The third kappa shape index (κ3) is 3.11. The average molecular weight is 369 g/mol. The number of benzene rings is 2. The molecule has 0 amide bonds. The second-order valence-electron chi connectivity index (χ2n) is 6.87. The van der Waals surface area contributed by atoms with Crippen LogP contribution in [0.4, 0.5) is 5.69 Å². The van der Waals surface area contributed by atoms with Crippen molar-refractivity contribution in [3.63, 3.8) is 0 Å². The molecule has 4 rings (SSSR count). The average Bonchev–Trinajstić information content (AvgIpc) is 2.62. The van der Waals surface area contributed by atoms with E-state index in [1.807, 2.05) is 25.1 Å². The molecular weight excluding hydrogens is 348 g/mol. The molecule has 1 fully saturated rings. The Labute approximate surface area is 157 Å². The minimum atomic E-state index is -0.326. The highest BCUT2D eigenvalue weighted by Crippen LogP contribution is 2.30. The molecule has 0 spiro atoms. The molecule has 1 aliphatic heterocycles. The molecule has 2 aromatic carbocycles. The fraction of sp³-hybridized carbons (Fsp3) is 0.286. The summed E-state index contributed by atoms with van der Waals surface area (Å²) < 4.78 is 5.68. The molecule has 4 nitrogen and oxygen atoms in total. The molecule has 134 valence electrons. The molecule has 1 aromatic heterocycles. The zero-order chi connectivity index (χ0) is 18.3. The van der Waals surface area contributed by atoms with Crippen LogP contribution in [0.3, 0.4) is 0 Å². The van der Waals surface area contributed by atoms with Gasteiger partial charge in [-0.1, -0.05) is 23.7 Å². The van der Waals surface area contributed by atoms with Crippen molar-refractivity contribution in [2.24, 2.45) is 0 Å². The lowest BCUT2D eigenvalue weighted by Crippen LogP contribution is -2.44. The Balaban J connectivity index is 1.79. The highest BCUT2D eigenvalue weighted by atomic mass is 35.5. The van der Waals surface area contributed by atoms with Gasteiger partial charge in [-0.25, -0.2) is 4.79 Å². The largest absolute Gasteiger partial charge is 0.422 e. The van der Waals surface area contributed by atoms with Crippen LogP contribution < -0.4 is 10.5 Å². The third-order valence-corrected chi connectivity index (χ3v) is 5.37. The number of halogens is 1. The van der Waals surface area contributed by atoms with Crippen molar-refractivity contribution in [3.05, 3.63) is 63.5 Å². The van der Waals surface area contributed by atoms with Crippen molar-refractivity contribution in [3.8, 4) is 11.1 Å². The van der Waals surface area contributed by atoms with Crippen molar-refractivity contribution in [2.45, 2.75) is 6.92 Å². The fourth-order valence-electron chi connectivity index (χ4n) is 3.58. The predicted molar refractivity (Wildman–Crippen MR) is 107 cm³/mol. The van der Waals surface area contributed by atoms with Crippen LogP contribution in [0.2, 0.25) is 5.02 Å². The van der Waals surface area contributed by atoms with Gasteiger partial charge < -0.3 is 14.2 Å². The fourth-order valence-corrected chi connectivity index (χ4v) is 3.77. The first kappa shape index (κ1) is 17.1. The molecule has 0 saturated carbocycles. The number of nitrogens with zero attached hydrogens (tertiary/aromatic N) is 2. The molecule has 5 heteroatoms. The first-order valence-corrected chi connectivity index (χ1v) is 9.17. The molecule has 0 radical (unpaired) electrons. The van der Waals surface area contributed by atoms with Gasteiger partial charge >= 0.3 is 5.63 Å². The quantitative estimate of drug-likeness (QED) is 0.636. The van der Waals surface area contributed by atoms with Crippen LogP contribution in [0.1, 0.15) is 5.56 Å². The summed E-state index contributed by atoms with van der Waals surface area (Å²) in [4.78, 5) is 17.3. The van der Waals surface area contributed by atoms with Crippen LogP contribution in [-0.2, 0) is 0 Å². The van der Waals surface area contributed by atoms with Crippen molar-refractivity contribution < 1.29 is 4.42 Å². The summed E-state index contributed by atoms with van der Waals surface area (Å²) >= 11 is 6.09. The highest BCUT2D eigenvalue weighted by Gasteiger charge is 2.17. The Hall–Kier alpha value is -2.30. The Bertz CT molecular complexity index is 1020. The van der Waals surface area contributed by atoms with Gasteiger partial charge in [0, 0.05) is 48.3 Å². The van der Waals surface area contributed by atoms with E-state index in [4.69, 9.17) is 16.0 Å². The van der Waals surface area contributed by atoms with Gasteiger partial charge in [0.2, 0.25) is 0 Å². The normalized spacial score (nSPS) is 15.6. The molecule has 3 aromatic rings. The van der Waals surface area contributed by atoms with Gasteiger partial charge in [-0.2, -0.15) is 0 Å². The first-order chi connectivity index (χ1) is 12.5. The molecule has 1 saturated heterocycles. The van der Waals surface area contributed by atoms with Crippen LogP contribution in [0.15, 0.2) is 51.7 Å². The topological polar surface area (TPSA) is 36.7 Å². The number of hydrogen-bond acceptors (Lipinski definition) is 4. The number of rotatable bonds is 2. The summed E-state index contributed by atoms with van der Waals surface area (Å²) in [6, 6.07) is 13.5. The molecule has 0 atom stereocenters. The van der Waals surface area contributed by atoms with E-state index in [0.717, 1.165) is 48.4 Å². The summed E-state index contributed by atoms with van der Waals surface area (Å²) in [5.41, 5.74) is 3.69. The SMILES string of the molecule is Cc1c(-c2cccc(Cl)c2)c(=O)oc2cc(N3CCN(C)CC3)ccc12.